The van der Waals surface area contributed by atoms with Crippen LogP contribution in [0.3, 0.4) is 0 Å². The van der Waals surface area contributed by atoms with Gasteiger partial charge in [-0.25, -0.2) is 4.98 Å². The number of phenols is 1. The molecule has 1 aliphatic heterocycles. The highest BCUT2D eigenvalue weighted by Gasteiger charge is 2.45. The molecule has 1 aromatic heterocycles. The third-order valence-corrected chi connectivity index (χ3v) is 14.9. The van der Waals surface area contributed by atoms with E-state index in [4.69, 9.17) is 14.7 Å². The molecule has 2 heterocycles. The Hall–Kier alpha value is -5.16. The van der Waals surface area contributed by atoms with Gasteiger partial charge < -0.3 is 24.8 Å². The lowest BCUT2D eigenvalue weighted by Crippen LogP contribution is -2.41. The fourth-order valence-corrected chi connectivity index (χ4v) is 11.3. The molecule has 0 bridgehead atoms. The van der Waals surface area contributed by atoms with E-state index < -0.39 is 23.3 Å². The highest BCUT2D eigenvalue weighted by Crippen LogP contribution is 2.44. The number of amidine groups is 1. The normalized spacial score (nSPS) is 27.1. The quantitative estimate of drug-likeness (QED) is 0.135. The first-order valence-corrected chi connectivity index (χ1v) is 23.5. The molecule has 5 aliphatic rings. The number of nitrogens with one attached hydrogen (secondary N) is 1. The van der Waals surface area contributed by atoms with Crippen LogP contribution >= 0.6 is 0 Å². The Balaban J connectivity index is 1.11. The van der Waals surface area contributed by atoms with Gasteiger partial charge >= 0.3 is 0 Å². The number of aromatic hydroxyl groups is 1. The summed E-state index contributed by atoms with van der Waals surface area (Å²) in [6.07, 6.45) is 11.8. The zero-order valence-corrected chi connectivity index (χ0v) is 37.7. The summed E-state index contributed by atoms with van der Waals surface area (Å²) in [7, 11) is 1.63. The zero-order valence-electron chi connectivity index (χ0n) is 37.7. The lowest BCUT2D eigenvalue weighted by atomic mass is 9.77. The maximum atomic E-state index is 14.3. The van der Waals surface area contributed by atoms with Gasteiger partial charge in [-0.3, -0.25) is 24.2 Å². The number of carbonyl (C=O) groups is 4. The molecule has 0 saturated heterocycles. The lowest BCUT2D eigenvalue weighted by molar-refractivity contribution is -0.131. The van der Waals surface area contributed by atoms with Gasteiger partial charge in [-0.2, -0.15) is 0 Å². The van der Waals surface area contributed by atoms with Crippen molar-refractivity contribution in [1.82, 2.24) is 14.9 Å². The first-order valence-electron chi connectivity index (χ1n) is 23.5. The Bertz CT molecular complexity index is 2370. The Morgan fingerprint density at radius 1 is 0.857 bits per heavy atom. The highest BCUT2D eigenvalue weighted by atomic mass is 16.5. The van der Waals surface area contributed by atoms with Crippen molar-refractivity contribution in [1.29, 1.82) is 0 Å². The van der Waals surface area contributed by atoms with Crippen molar-refractivity contribution in [3.63, 3.8) is 0 Å². The van der Waals surface area contributed by atoms with Gasteiger partial charge in [-0.1, -0.05) is 77.7 Å². The van der Waals surface area contributed by atoms with E-state index in [0.717, 1.165) is 53.2 Å². The largest absolute Gasteiger partial charge is 0.507 e. The number of aliphatic hydroxyl groups is 1. The predicted molar refractivity (Wildman–Crippen MR) is 243 cm³/mol. The van der Waals surface area contributed by atoms with E-state index in [-0.39, 0.29) is 53.7 Å². The van der Waals surface area contributed by atoms with Gasteiger partial charge in [0.05, 0.1) is 42.7 Å². The van der Waals surface area contributed by atoms with Crippen molar-refractivity contribution < 1.29 is 34.1 Å². The van der Waals surface area contributed by atoms with Crippen LogP contribution in [0.4, 0.5) is 0 Å². The Morgan fingerprint density at radius 2 is 1.57 bits per heavy atom. The minimum atomic E-state index is -0.914. The number of Topliss-reactive ketones (excluding diaryl/α,β-unsaturated/α-hetero) is 4. The molecule has 3 aromatic rings. The molecule has 3 N–H and O–H groups in total. The molecule has 0 amide bonds. The van der Waals surface area contributed by atoms with Crippen molar-refractivity contribution in [2.75, 3.05) is 13.7 Å². The third kappa shape index (κ3) is 8.50. The number of allylic oxidation sites excluding steroid dienone is 2. The Morgan fingerprint density at radius 3 is 2.24 bits per heavy atom. The molecular weight excluding hydrogens is 793 g/mol. The van der Waals surface area contributed by atoms with Gasteiger partial charge in [0.25, 0.3) is 0 Å². The summed E-state index contributed by atoms with van der Waals surface area (Å²) in [5, 5.41) is 26.1. The third-order valence-electron chi connectivity index (χ3n) is 14.9. The molecule has 0 spiro atoms. The second-order valence-electron chi connectivity index (χ2n) is 18.8. The molecule has 4 aliphatic carbocycles. The van der Waals surface area contributed by atoms with E-state index in [2.05, 4.69) is 16.8 Å². The molecule has 11 nitrogen and oxygen atoms in total. The summed E-state index contributed by atoms with van der Waals surface area (Å²) in [6.45, 7) is 8.00. The van der Waals surface area contributed by atoms with Crippen LogP contribution in [0.5, 0.6) is 11.5 Å². The number of methoxy groups -OCH3 is 1. The first kappa shape index (κ1) is 44.4. The molecule has 0 radical (unpaired) electrons. The number of aromatic nitrogens is 2. The summed E-state index contributed by atoms with van der Waals surface area (Å²) >= 11 is 0. The number of hydrogen-bond donors (Lipinski definition) is 3. The summed E-state index contributed by atoms with van der Waals surface area (Å²) in [4.78, 5) is 65.8. The Labute approximate surface area is 371 Å². The van der Waals surface area contributed by atoms with Crippen LogP contribution in [0.25, 0.3) is 5.57 Å². The molecular formula is C52H64N4O7. The number of carbonyl (C=O) groups excluding carboxylic acids is 4. The molecule has 2 aromatic carbocycles. The number of fused-ring (bicyclic) bond motifs is 1. The number of ether oxygens (including phenoxy) is 1. The number of aliphatic hydroxyl groups excluding tert-OH is 1. The van der Waals surface area contributed by atoms with Crippen LogP contribution in [0.2, 0.25) is 0 Å². The van der Waals surface area contributed by atoms with Crippen molar-refractivity contribution in [2.24, 2.45) is 34.6 Å². The monoisotopic (exact) mass is 856 g/mol. The molecule has 334 valence electrons. The fraction of sp³-hybridized carbons (Fsp3) is 0.538. The molecule has 6 atom stereocenters. The second-order valence-corrected chi connectivity index (χ2v) is 18.8. The number of aliphatic imine (C=N–C) groups is 1. The average Bonchev–Trinajstić information content (AvgIpc) is 4.03. The first-order chi connectivity index (χ1) is 30.4. The fourth-order valence-electron chi connectivity index (χ4n) is 11.3. The highest BCUT2D eigenvalue weighted by molar-refractivity contribution is 6.16. The summed E-state index contributed by atoms with van der Waals surface area (Å²) in [6, 6.07) is 13.4. The predicted octanol–water partition coefficient (Wildman–Crippen LogP) is 8.67. The van der Waals surface area contributed by atoms with Gasteiger partial charge in [-0.15, -0.1) is 0 Å². The molecule has 11 heteroatoms. The second kappa shape index (κ2) is 18.5. The number of nitrogens with zero attached hydrogens (tertiary/aromatic N) is 3. The van der Waals surface area contributed by atoms with Gasteiger partial charge in [0.15, 0.2) is 17.3 Å². The van der Waals surface area contributed by atoms with E-state index >= 15 is 0 Å². The van der Waals surface area contributed by atoms with Gasteiger partial charge in [0, 0.05) is 60.9 Å². The lowest BCUT2D eigenvalue weighted by Gasteiger charge is -2.34. The number of phenolic OH excluding ortho intramolecular Hbond substituents is 1. The van der Waals surface area contributed by atoms with Crippen molar-refractivity contribution in [3.8, 4) is 11.5 Å². The van der Waals surface area contributed by atoms with Crippen LogP contribution in [-0.2, 0) is 33.8 Å². The summed E-state index contributed by atoms with van der Waals surface area (Å²) in [5.41, 5.74) is 5.21. The maximum absolute atomic E-state index is 14.3. The average molecular weight is 857 g/mol. The number of benzene rings is 2. The van der Waals surface area contributed by atoms with Crippen LogP contribution in [0, 0.1) is 29.6 Å². The molecule has 1 saturated carbocycles. The minimum absolute atomic E-state index is 0.0132. The summed E-state index contributed by atoms with van der Waals surface area (Å²) < 4.78 is 7.47. The van der Waals surface area contributed by atoms with Crippen molar-refractivity contribution in [3.05, 3.63) is 93.7 Å². The van der Waals surface area contributed by atoms with Crippen molar-refractivity contribution in [2.45, 2.75) is 136 Å². The molecule has 8 rings (SSSR count). The zero-order chi connectivity index (χ0) is 44.6. The van der Waals surface area contributed by atoms with Gasteiger partial charge in [0.1, 0.15) is 34.6 Å². The Kier molecular flexibility index (Phi) is 13.1. The standard InChI is InChI=1S/C52H64N4O7/c1-6-33-25-42(59)37(7-2)50(61)45-35(22-31-14-17-36(63-5)18-15-31)26-43(53-46(33)45)55-52(29-57)21-20-34(27-52)40-23-32(16-19-41(40)58)28-56-44(24-30-12-10-11-13-30)54-47-38(8-3)49(60)39(9-4)51(62)48(47)56/h14-20,23,30,33,35,37-39,57-58H,6-13,21-22,24-29H2,1-5H3,(H,53,55). The number of ketones is 4. The van der Waals surface area contributed by atoms with Crippen LogP contribution in [-0.4, -0.2) is 68.0 Å². The maximum Gasteiger partial charge on any atom is 0.191 e. The molecule has 1 fully saturated rings. The van der Waals surface area contributed by atoms with Gasteiger partial charge in [0.2, 0.25) is 0 Å². The SMILES string of the molecule is CCC1CC(=O)C(CC)C(=O)C2=C1NC(=NC1(CO)CC=C(c3cc(Cn4c(CC5CCCC5)nc5c4C(=O)C(CC)C(=O)C5CC)ccc3O)C1)CC2Cc1ccc(OC)cc1. The van der Waals surface area contributed by atoms with E-state index in [1.165, 1.54) is 12.8 Å². The molecule has 6 unspecified atom stereocenters. The number of hydrogen-bond acceptors (Lipinski definition) is 9. The minimum Gasteiger partial charge on any atom is -0.507 e. The number of imidazole rings is 1. The topological polar surface area (TPSA) is 160 Å². The van der Waals surface area contributed by atoms with Crippen molar-refractivity contribution >= 4 is 34.5 Å². The summed E-state index contributed by atoms with van der Waals surface area (Å²) in [5.74, 6) is 0.504. The smallest absolute Gasteiger partial charge is 0.191 e. The van der Waals surface area contributed by atoms with E-state index in [1.807, 2.05) is 63.2 Å². The van der Waals surface area contributed by atoms with Gasteiger partial charge in [-0.05, 0) is 85.4 Å². The van der Waals surface area contributed by atoms with Crippen LogP contribution in [0.1, 0.15) is 149 Å². The van der Waals surface area contributed by atoms with Crippen LogP contribution in [0.15, 0.2) is 64.8 Å². The number of rotatable bonds is 14. The van der Waals surface area contributed by atoms with Crippen LogP contribution < -0.4 is 10.1 Å². The molecule has 63 heavy (non-hydrogen) atoms. The van der Waals surface area contributed by atoms with E-state index in [0.29, 0.717) is 92.2 Å². The van der Waals surface area contributed by atoms with E-state index in [1.54, 1.807) is 13.2 Å². The van der Waals surface area contributed by atoms with E-state index in [9.17, 15) is 29.4 Å².